The van der Waals surface area contributed by atoms with Gasteiger partial charge in [-0.1, -0.05) is 6.07 Å². The number of hydrogen-bond donors (Lipinski definition) is 2. The Morgan fingerprint density at radius 2 is 1.77 bits per heavy atom. The van der Waals surface area contributed by atoms with Crippen LogP contribution in [0, 0.1) is 13.8 Å². The molecule has 0 bridgehead atoms. The van der Waals surface area contributed by atoms with Crippen LogP contribution in [0.1, 0.15) is 38.9 Å². The highest BCUT2D eigenvalue weighted by molar-refractivity contribution is 6.46. The number of aryl methyl sites for hydroxylation is 1. The Morgan fingerprint density at radius 1 is 1.11 bits per heavy atom. The van der Waals surface area contributed by atoms with E-state index < -0.39 is 23.7 Å². The normalized spacial score (nSPS) is 17.3. The first-order chi connectivity index (χ1) is 16.6. The number of aliphatic hydroxyl groups excluding tert-OH is 1. The molecule has 1 saturated heterocycles. The van der Waals surface area contributed by atoms with Crippen molar-refractivity contribution in [2.45, 2.75) is 19.9 Å². The van der Waals surface area contributed by atoms with Crippen molar-refractivity contribution in [2.24, 2.45) is 0 Å². The summed E-state index contributed by atoms with van der Waals surface area (Å²) in [4.78, 5) is 44.8. The van der Waals surface area contributed by atoms with Gasteiger partial charge in [0.2, 0.25) is 0 Å². The summed E-state index contributed by atoms with van der Waals surface area (Å²) in [5.74, 6) is -1.58. The lowest BCUT2D eigenvalue weighted by molar-refractivity contribution is -0.140. The number of H-pyrrole nitrogens is 1. The summed E-state index contributed by atoms with van der Waals surface area (Å²) in [7, 11) is 7.99. The van der Waals surface area contributed by atoms with Crippen LogP contribution >= 0.6 is 0 Å². The highest BCUT2D eigenvalue weighted by Gasteiger charge is 2.46. The smallest absolute Gasteiger partial charge is 0.354 e. The standard InChI is InChI=1S/C25H31N3O7/c1-13-18(14(2)26-20(13)25(32)35-7)22(29)19-21(15-8-9-16(33-5)17(12-15)34-6)28(11-10-27(3)4)24(31)23(19)30/h8-9,12,21,26,29H,10-11H2,1-7H3/b22-19+/t21-/m1/s1. The fourth-order valence-electron chi connectivity index (χ4n) is 4.33. The summed E-state index contributed by atoms with van der Waals surface area (Å²) in [6.45, 7) is 4.07. The maximum absolute atomic E-state index is 13.3. The molecule has 1 atom stereocenters. The molecule has 1 aliphatic heterocycles. The van der Waals surface area contributed by atoms with E-state index in [1.54, 1.807) is 32.0 Å². The quantitative estimate of drug-likeness (QED) is 0.253. The predicted octanol–water partition coefficient (Wildman–Crippen LogP) is 2.42. The van der Waals surface area contributed by atoms with Crippen molar-refractivity contribution >= 4 is 23.4 Å². The first-order valence-corrected chi connectivity index (χ1v) is 11.0. The number of carbonyl (C=O) groups is 3. The van der Waals surface area contributed by atoms with Crippen molar-refractivity contribution in [3.63, 3.8) is 0 Å². The second-order valence-corrected chi connectivity index (χ2v) is 8.53. The Morgan fingerprint density at radius 3 is 2.34 bits per heavy atom. The van der Waals surface area contributed by atoms with Crippen LogP contribution in [0.15, 0.2) is 23.8 Å². The average molecular weight is 486 g/mol. The third-order valence-corrected chi connectivity index (χ3v) is 6.12. The second-order valence-electron chi connectivity index (χ2n) is 8.53. The van der Waals surface area contributed by atoms with Gasteiger partial charge in [0.05, 0.1) is 32.9 Å². The van der Waals surface area contributed by atoms with E-state index in [2.05, 4.69) is 4.98 Å². The number of likely N-dealkylation sites (N-methyl/N-ethyl adjacent to an activating group) is 1. The van der Waals surface area contributed by atoms with Gasteiger partial charge in [0.15, 0.2) is 11.5 Å². The van der Waals surface area contributed by atoms with E-state index in [1.807, 2.05) is 19.0 Å². The molecule has 0 aliphatic carbocycles. The molecule has 2 aromatic rings. The summed E-state index contributed by atoms with van der Waals surface area (Å²) in [5.41, 5.74) is 1.82. The molecule has 35 heavy (non-hydrogen) atoms. The summed E-state index contributed by atoms with van der Waals surface area (Å²) < 4.78 is 15.6. The van der Waals surface area contributed by atoms with E-state index >= 15 is 0 Å². The minimum Gasteiger partial charge on any atom is -0.507 e. The van der Waals surface area contributed by atoms with Crippen LogP contribution < -0.4 is 9.47 Å². The van der Waals surface area contributed by atoms with Crippen LogP contribution in [0.3, 0.4) is 0 Å². The Balaban J connectivity index is 2.26. The molecular weight excluding hydrogens is 454 g/mol. The van der Waals surface area contributed by atoms with Gasteiger partial charge in [0.25, 0.3) is 11.7 Å². The molecule has 0 saturated carbocycles. The number of aliphatic hydroxyl groups is 1. The van der Waals surface area contributed by atoms with Gasteiger partial charge in [0, 0.05) is 24.3 Å². The molecule has 2 N–H and O–H groups in total. The number of carbonyl (C=O) groups excluding carboxylic acids is 3. The summed E-state index contributed by atoms with van der Waals surface area (Å²) in [6, 6.07) is 4.22. The largest absolute Gasteiger partial charge is 0.507 e. The molecule has 0 spiro atoms. The Bertz CT molecular complexity index is 1200. The molecule has 188 valence electrons. The minimum absolute atomic E-state index is 0.0670. The number of nitrogens with one attached hydrogen (secondary N) is 1. The van der Waals surface area contributed by atoms with Crippen LogP contribution in [0.25, 0.3) is 5.76 Å². The lowest BCUT2D eigenvalue weighted by atomic mass is 9.93. The average Bonchev–Trinajstić information content (AvgIpc) is 3.28. The molecule has 10 nitrogen and oxygen atoms in total. The van der Waals surface area contributed by atoms with Crippen LogP contribution in [0.5, 0.6) is 11.5 Å². The number of aromatic nitrogens is 1. The molecule has 1 aliphatic rings. The van der Waals surface area contributed by atoms with E-state index in [4.69, 9.17) is 14.2 Å². The molecule has 1 fully saturated rings. The predicted molar refractivity (Wildman–Crippen MR) is 129 cm³/mol. The number of likely N-dealkylation sites (tertiary alicyclic amines) is 1. The van der Waals surface area contributed by atoms with Crippen LogP contribution in [-0.4, -0.2) is 86.1 Å². The fraction of sp³-hybridized carbons (Fsp3) is 0.400. The molecule has 0 unspecified atom stereocenters. The number of nitrogens with zero attached hydrogens (tertiary/aromatic N) is 2. The first-order valence-electron chi connectivity index (χ1n) is 11.0. The molecule has 10 heteroatoms. The molecule has 3 rings (SSSR count). The van der Waals surface area contributed by atoms with Gasteiger partial charge in [-0.2, -0.15) is 0 Å². The monoisotopic (exact) mass is 485 g/mol. The van der Waals surface area contributed by atoms with Crippen molar-refractivity contribution in [3.8, 4) is 11.5 Å². The summed E-state index contributed by atoms with van der Waals surface area (Å²) >= 11 is 0. The molecular formula is C25H31N3O7. The maximum Gasteiger partial charge on any atom is 0.354 e. The zero-order valence-electron chi connectivity index (χ0n) is 21.0. The zero-order valence-corrected chi connectivity index (χ0v) is 21.0. The fourth-order valence-corrected chi connectivity index (χ4v) is 4.33. The number of hydrogen-bond acceptors (Lipinski definition) is 8. The number of methoxy groups -OCH3 is 3. The maximum atomic E-state index is 13.3. The number of amides is 1. The van der Waals surface area contributed by atoms with Crippen molar-refractivity contribution in [1.82, 2.24) is 14.8 Å². The number of ether oxygens (including phenoxy) is 3. The van der Waals surface area contributed by atoms with Gasteiger partial charge in [-0.15, -0.1) is 0 Å². The topological polar surface area (TPSA) is 121 Å². The first kappa shape index (κ1) is 25.8. The third-order valence-electron chi connectivity index (χ3n) is 6.12. The molecule has 0 radical (unpaired) electrons. The van der Waals surface area contributed by atoms with Gasteiger partial charge in [-0.05, 0) is 51.2 Å². The van der Waals surface area contributed by atoms with Gasteiger partial charge in [-0.25, -0.2) is 4.79 Å². The van der Waals surface area contributed by atoms with E-state index in [-0.39, 0.29) is 29.1 Å². The van der Waals surface area contributed by atoms with Gasteiger partial charge < -0.3 is 34.1 Å². The van der Waals surface area contributed by atoms with E-state index in [0.717, 1.165) is 0 Å². The number of aromatic amines is 1. The summed E-state index contributed by atoms with van der Waals surface area (Å²) in [5, 5.41) is 11.4. The number of esters is 1. The number of Topliss-reactive ketones (excluding diaryl/α,β-unsaturated/α-hetero) is 1. The number of rotatable bonds is 8. The Hall–Kier alpha value is -3.79. The van der Waals surface area contributed by atoms with E-state index in [1.165, 1.54) is 26.2 Å². The van der Waals surface area contributed by atoms with Crippen molar-refractivity contribution in [3.05, 3.63) is 51.9 Å². The van der Waals surface area contributed by atoms with Crippen LogP contribution in [-0.2, 0) is 14.3 Å². The highest BCUT2D eigenvalue weighted by Crippen LogP contribution is 2.42. The van der Waals surface area contributed by atoms with E-state index in [0.29, 0.717) is 34.9 Å². The van der Waals surface area contributed by atoms with Gasteiger partial charge in [0.1, 0.15) is 11.5 Å². The summed E-state index contributed by atoms with van der Waals surface area (Å²) in [6.07, 6.45) is 0. The molecule has 1 amide bonds. The zero-order chi connectivity index (χ0) is 26.0. The third kappa shape index (κ3) is 4.61. The Kier molecular flexibility index (Phi) is 7.54. The van der Waals surface area contributed by atoms with Crippen molar-refractivity contribution in [1.29, 1.82) is 0 Å². The SMILES string of the molecule is COC(=O)c1[nH]c(C)c(/C(O)=C2\C(=O)C(=O)N(CCN(C)C)[C@@H]2c2ccc(OC)c(OC)c2)c1C. The van der Waals surface area contributed by atoms with E-state index in [9.17, 15) is 19.5 Å². The number of ketones is 1. The molecule has 2 heterocycles. The molecule has 1 aromatic heterocycles. The van der Waals surface area contributed by atoms with Crippen LogP contribution in [0.4, 0.5) is 0 Å². The lowest BCUT2D eigenvalue weighted by Crippen LogP contribution is -2.35. The minimum atomic E-state index is -0.870. The lowest BCUT2D eigenvalue weighted by Gasteiger charge is -2.27. The van der Waals surface area contributed by atoms with Crippen LogP contribution in [0.2, 0.25) is 0 Å². The number of benzene rings is 1. The van der Waals surface area contributed by atoms with Crippen molar-refractivity contribution in [2.75, 3.05) is 48.5 Å². The van der Waals surface area contributed by atoms with Gasteiger partial charge >= 0.3 is 5.97 Å². The molecule has 1 aromatic carbocycles. The second kappa shape index (κ2) is 10.2. The van der Waals surface area contributed by atoms with Crippen molar-refractivity contribution < 1.29 is 33.7 Å². The van der Waals surface area contributed by atoms with Gasteiger partial charge in [-0.3, -0.25) is 9.59 Å². The highest BCUT2D eigenvalue weighted by atomic mass is 16.5. The Labute approximate surface area is 204 Å².